The molecule has 3 aromatic carbocycles. The van der Waals surface area contributed by atoms with Gasteiger partial charge in [-0.1, -0.05) is 74.0 Å². The van der Waals surface area contributed by atoms with Crippen molar-refractivity contribution in [3.63, 3.8) is 0 Å². The van der Waals surface area contributed by atoms with Crippen molar-refractivity contribution in [1.29, 1.82) is 0 Å². The van der Waals surface area contributed by atoms with Crippen molar-refractivity contribution in [2.45, 2.75) is 39.7 Å². The molecule has 0 aliphatic carbocycles. The average molecular weight is 354 g/mol. The Kier molecular flexibility index (Phi) is 5.06. The Morgan fingerprint density at radius 1 is 0.852 bits per heavy atom. The monoisotopic (exact) mass is 354 g/mol. The van der Waals surface area contributed by atoms with Crippen molar-refractivity contribution in [2.24, 2.45) is 0 Å². The molecule has 4 aromatic rings. The zero-order valence-corrected chi connectivity index (χ0v) is 16.2. The first-order chi connectivity index (χ1) is 13.3. The Morgan fingerprint density at radius 2 is 1.59 bits per heavy atom. The molecule has 0 N–H and O–H groups in total. The predicted molar refractivity (Wildman–Crippen MR) is 114 cm³/mol. The number of fused-ring (bicyclic) bond motifs is 1. The minimum atomic E-state index is 0.869. The first-order valence-electron chi connectivity index (χ1n) is 9.85. The quantitative estimate of drug-likeness (QED) is 0.391. The van der Waals surface area contributed by atoms with E-state index in [0.29, 0.717) is 0 Å². The van der Waals surface area contributed by atoms with Gasteiger partial charge in [-0.3, -0.25) is 0 Å². The molecule has 2 nitrogen and oxygen atoms in total. The predicted octanol–water partition coefficient (Wildman–Crippen LogP) is 6.40. The van der Waals surface area contributed by atoms with Crippen LogP contribution in [-0.4, -0.2) is 9.55 Å². The van der Waals surface area contributed by atoms with Crippen molar-refractivity contribution in [3.05, 3.63) is 89.7 Å². The van der Waals surface area contributed by atoms with E-state index in [1.54, 1.807) is 0 Å². The van der Waals surface area contributed by atoms with Gasteiger partial charge in [0.05, 0.1) is 11.0 Å². The first kappa shape index (κ1) is 17.5. The zero-order chi connectivity index (χ0) is 18.6. The molecule has 0 fully saturated rings. The summed E-state index contributed by atoms with van der Waals surface area (Å²) < 4.78 is 2.38. The fourth-order valence-corrected chi connectivity index (χ4v) is 3.70. The van der Waals surface area contributed by atoms with Gasteiger partial charge in [0.1, 0.15) is 5.82 Å². The molecule has 0 atom stereocenters. The molecule has 1 aromatic heterocycles. The summed E-state index contributed by atoms with van der Waals surface area (Å²) in [4.78, 5) is 4.89. The fourth-order valence-electron chi connectivity index (χ4n) is 3.70. The van der Waals surface area contributed by atoms with Crippen molar-refractivity contribution in [1.82, 2.24) is 9.55 Å². The minimum absolute atomic E-state index is 0.869. The van der Waals surface area contributed by atoms with E-state index in [9.17, 15) is 0 Å². The van der Waals surface area contributed by atoms with Crippen LogP contribution in [0.25, 0.3) is 22.2 Å². The van der Waals surface area contributed by atoms with Crippen LogP contribution in [0.4, 0.5) is 0 Å². The van der Waals surface area contributed by atoms with Gasteiger partial charge in [0.15, 0.2) is 0 Å². The number of rotatable bonds is 6. The Balaban J connectivity index is 1.65. The molecule has 0 amide bonds. The number of hydrogen-bond donors (Lipinski definition) is 0. The molecule has 0 bridgehead atoms. The van der Waals surface area contributed by atoms with Gasteiger partial charge < -0.3 is 4.57 Å². The summed E-state index contributed by atoms with van der Waals surface area (Å²) in [5.41, 5.74) is 7.53. The molecule has 0 unspecified atom stereocenters. The molecule has 4 rings (SSSR count). The number of hydrogen-bond acceptors (Lipinski definition) is 1. The average Bonchev–Trinajstić information content (AvgIpc) is 3.05. The Hall–Kier alpha value is -2.87. The molecule has 1 heterocycles. The highest BCUT2D eigenvalue weighted by Crippen LogP contribution is 2.24. The third kappa shape index (κ3) is 3.66. The van der Waals surface area contributed by atoms with E-state index in [1.807, 2.05) is 0 Å². The molecule has 0 aliphatic heterocycles. The number of aryl methyl sites for hydroxylation is 2. The first-order valence-corrected chi connectivity index (χ1v) is 9.85. The molecular formula is C25H26N2. The summed E-state index contributed by atoms with van der Waals surface area (Å²) in [6, 6.07) is 26.0. The second-order valence-electron chi connectivity index (χ2n) is 7.22. The second kappa shape index (κ2) is 7.79. The van der Waals surface area contributed by atoms with E-state index >= 15 is 0 Å². The molecule has 2 heteroatoms. The van der Waals surface area contributed by atoms with Gasteiger partial charge in [-0.25, -0.2) is 4.98 Å². The molecule has 136 valence electrons. The van der Waals surface area contributed by atoms with Crippen LogP contribution >= 0.6 is 0 Å². The Morgan fingerprint density at radius 3 is 2.37 bits per heavy atom. The molecule has 0 saturated heterocycles. The standard InChI is InChI=1S/C25H26N2/c1-3-4-13-25-26-23-11-7-8-12-24(23)27(25)18-20-14-16-21(17-15-20)22-10-6-5-9-19(22)2/h5-12,14-17H,3-4,13,18H2,1-2H3. The van der Waals surface area contributed by atoms with Gasteiger partial charge >= 0.3 is 0 Å². The van der Waals surface area contributed by atoms with Gasteiger partial charge in [-0.05, 0) is 47.7 Å². The van der Waals surface area contributed by atoms with Crippen molar-refractivity contribution >= 4 is 11.0 Å². The maximum atomic E-state index is 4.89. The van der Waals surface area contributed by atoms with Gasteiger partial charge in [0.25, 0.3) is 0 Å². The van der Waals surface area contributed by atoms with Crippen molar-refractivity contribution < 1.29 is 0 Å². The van der Waals surface area contributed by atoms with E-state index in [4.69, 9.17) is 4.98 Å². The van der Waals surface area contributed by atoms with Crippen LogP contribution in [0.5, 0.6) is 0 Å². The van der Waals surface area contributed by atoms with E-state index < -0.39 is 0 Å². The number of aromatic nitrogens is 2. The minimum Gasteiger partial charge on any atom is -0.323 e. The Bertz CT molecular complexity index is 1040. The fraction of sp³-hybridized carbons (Fsp3) is 0.240. The molecular weight excluding hydrogens is 328 g/mol. The van der Waals surface area contributed by atoms with E-state index in [-0.39, 0.29) is 0 Å². The van der Waals surface area contributed by atoms with Crippen LogP contribution in [0.3, 0.4) is 0 Å². The third-order valence-electron chi connectivity index (χ3n) is 5.24. The van der Waals surface area contributed by atoms with Crippen LogP contribution in [0.2, 0.25) is 0 Å². The third-order valence-corrected chi connectivity index (χ3v) is 5.24. The number of para-hydroxylation sites is 2. The molecule has 0 spiro atoms. The molecule has 0 saturated carbocycles. The zero-order valence-electron chi connectivity index (χ0n) is 16.2. The summed E-state index contributed by atoms with van der Waals surface area (Å²) >= 11 is 0. The maximum absolute atomic E-state index is 4.89. The normalized spacial score (nSPS) is 11.2. The van der Waals surface area contributed by atoms with Crippen LogP contribution in [-0.2, 0) is 13.0 Å². The highest BCUT2D eigenvalue weighted by atomic mass is 15.1. The summed E-state index contributed by atoms with van der Waals surface area (Å²) in [6.07, 6.45) is 3.40. The van der Waals surface area contributed by atoms with Crippen molar-refractivity contribution in [3.8, 4) is 11.1 Å². The van der Waals surface area contributed by atoms with Crippen LogP contribution in [0.1, 0.15) is 36.7 Å². The summed E-state index contributed by atoms with van der Waals surface area (Å²) in [5.74, 6) is 1.20. The maximum Gasteiger partial charge on any atom is 0.110 e. The van der Waals surface area contributed by atoms with Crippen LogP contribution in [0, 0.1) is 6.92 Å². The lowest BCUT2D eigenvalue weighted by Gasteiger charge is -2.11. The summed E-state index contributed by atoms with van der Waals surface area (Å²) in [6.45, 7) is 5.27. The molecule has 0 aliphatic rings. The number of nitrogens with zero attached hydrogens (tertiary/aromatic N) is 2. The van der Waals surface area contributed by atoms with Gasteiger partial charge in [-0.15, -0.1) is 0 Å². The highest BCUT2D eigenvalue weighted by Gasteiger charge is 2.11. The smallest absolute Gasteiger partial charge is 0.110 e. The summed E-state index contributed by atoms with van der Waals surface area (Å²) in [5, 5.41) is 0. The SMILES string of the molecule is CCCCc1nc2ccccc2n1Cc1ccc(-c2ccccc2C)cc1. The second-order valence-corrected chi connectivity index (χ2v) is 7.22. The van der Waals surface area contributed by atoms with E-state index in [1.165, 1.54) is 46.4 Å². The highest BCUT2D eigenvalue weighted by molar-refractivity contribution is 5.76. The molecule has 0 radical (unpaired) electrons. The van der Waals surface area contributed by atoms with Crippen molar-refractivity contribution in [2.75, 3.05) is 0 Å². The van der Waals surface area contributed by atoms with Crippen LogP contribution < -0.4 is 0 Å². The lowest BCUT2D eigenvalue weighted by atomic mass is 9.99. The number of benzene rings is 3. The van der Waals surface area contributed by atoms with E-state index in [0.717, 1.165) is 18.5 Å². The van der Waals surface area contributed by atoms with Crippen LogP contribution in [0.15, 0.2) is 72.8 Å². The molecule has 27 heavy (non-hydrogen) atoms. The van der Waals surface area contributed by atoms with Gasteiger partial charge in [0, 0.05) is 13.0 Å². The largest absolute Gasteiger partial charge is 0.323 e. The summed E-state index contributed by atoms with van der Waals surface area (Å²) in [7, 11) is 0. The van der Waals surface area contributed by atoms with Gasteiger partial charge in [0.2, 0.25) is 0 Å². The van der Waals surface area contributed by atoms with Gasteiger partial charge in [-0.2, -0.15) is 0 Å². The number of imidazole rings is 1. The lowest BCUT2D eigenvalue weighted by molar-refractivity contribution is 0.690. The lowest BCUT2D eigenvalue weighted by Crippen LogP contribution is -2.05. The Labute approximate surface area is 161 Å². The topological polar surface area (TPSA) is 17.8 Å². The van der Waals surface area contributed by atoms with E-state index in [2.05, 4.69) is 91.2 Å². The number of unbranched alkanes of at least 4 members (excludes halogenated alkanes) is 1.